The van der Waals surface area contributed by atoms with Crippen LogP contribution in [-0.4, -0.2) is 5.97 Å². The van der Waals surface area contributed by atoms with Gasteiger partial charge in [0.05, 0.1) is 0 Å². The first-order chi connectivity index (χ1) is 7.16. The molecule has 0 bridgehead atoms. The van der Waals surface area contributed by atoms with Crippen molar-refractivity contribution in [3.05, 3.63) is 29.8 Å². The molecular weight excluding hydrogens is 226 g/mol. The number of halogens is 1. The fourth-order valence-corrected chi connectivity index (χ4v) is 1.65. The minimum atomic E-state index is -0.297. The summed E-state index contributed by atoms with van der Waals surface area (Å²) >= 11 is 0. The van der Waals surface area contributed by atoms with E-state index in [-0.39, 0.29) is 24.4 Å². The van der Waals surface area contributed by atoms with E-state index < -0.39 is 0 Å². The van der Waals surface area contributed by atoms with E-state index in [0.29, 0.717) is 11.7 Å². The highest BCUT2D eigenvalue weighted by Crippen LogP contribution is 2.39. The lowest BCUT2D eigenvalue weighted by atomic mass is 10.0. The predicted molar refractivity (Wildman–Crippen MR) is 64.7 cm³/mol. The van der Waals surface area contributed by atoms with E-state index >= 15 is 0 Å². The molecule has 2 N–H and O–H groups in total. The Labute approximate surface area is 101 Å². The average molecular weight is 242 g/mol. The zero-order chi connectivity index (χ0) is 10.8. The summed E-state index contributed by atoms with van der Waals surface area (Å²) in [4.78, 5) is 10.7. The van der Waals surface area contributed by atoms with Gasteiger partial charge >= 0.3 is 5.97 Å². The summed E-state index contributed by atoms with van der Waals surface area (Å²) in [6.45, 7) is 1.39. The summed E-state index contributed by atoms with van der Waals surface area (Å²) in [5, 5.41) is 0. The zero-order valence-corrected chi connectivity index (χ0v) is 10.00. The number of carbonyl (C=O) groups is 1. The second-order valence-electron chi connectivity index (χ2n) is 4.03. The van der Waals surface area contributed by atoms with Crippen molar-refractivity contribution in [2.45, 2.75) is 25.8 Å². The maximum Gasteiger partial charge on any atom is 0.308 e. The van der Waals surface area contributed by atoms with Crippen molar-refractivity contribution in [1.82, 2.24) is 0 Å². The first-order valence-electron chi connectivity index (χ1n) is 5.21. The summed E-state index contributed by atoms with van der Waals surface area (Å²) in [5.41, 5.74) is 7.16. The van der Waals surface area contributed by atoms with Crippen LogP contribution in [0.3, 0.4) is 0 Å². The van der Waals surface area contributed by atoms with Crippen molar-refractivity contribution in [3.8, 4) is 5.75 Å². The van der Waals surface area contributed by atoms with E-state index in [1.807, 2.05) is 12.1 Å². The molecule has 16 heavy (non-hydrogen) atoms. The van der Waals surface area contributed by atoms with Gasteiger partial charge in [0.15, 0.2) is 0 Å². The summed E-state index contributed by atoms with van der Waals surface area (Å²) < 4.78 is 4.95. The van der Waals surface area contributed by atoms with E-state index in [4.69, 9.17) is 10.5 Å². The molecule has 4 heteroatoms. The highest BCUT2D eigenvalue weighted by Gasteiger charge is 2.29. The molecule has 0 heterocycles. The van der Waals surface area contributed by atoms with Gasteiger partial charge in [-0.25, -0.2) is 0 Å². The van der Waals surface area contributed by atoms with Crippen molar-refractivity contribution in [2.24, 2.45) is 11.7 Å². The zero-order valence-electron chi connectivity index (χ0n) is 9.18. The highest BCUT2D eigenvalue weighted by atomic mass is 35.5. The summed E-state index contributed by atoms with van der Waals surface area (Å²) in [7, 11) is 0. The number of ether oxygens (including phenoxy) is 1. The minimum Gasteiger partial charge on any atom is -0.427 e. The molecule has 0 aromatic heterocycles. The Morgan fingerprint density at radius 2 is 1.94 bits per heavy atom. The Balaban J connectivity index is 0.00000128. The molecule has 1 atom stereocenters. The van der Waals surface area contributed by atoms with Crippen LogP contribution in [0.25, 0.3) is 0 Å². The predicted octanol–water partition coefficient (Wildman–Crippen LogP) is 2.44. The first kappa shape index (κ1) is 13.0. The van der Waals surface area contributed by atoms with Gasteiger partial charge in [0.2, 0.25) is 0 Å². The summed E-state index contributed by atoms with van der Waals surface area (Å²) in [5.74, 6) is 0.924. The number of rotatable bonds is 3. The quantitative estimate of drug-likeness (QED) is 0.653. The monoisotopic (exact) mass is 241 g/mol. The molecule has 0 spiro atoms. The average Bonchev–Trinajstić information content (AvgIpc) is 3.00. The molecule has 1 aromatic rings. The lowest BCUT2D eigenvalue weighted by Crippen LogP contribution is -2.12. The Morgan fingerprint density at radius 3 is 2.38 bits per heavy atom. The second kappa shape index (κ2) is 5.32. The van der Waals surface area contributed by atoms with Crippen LogP contribution in [-0.2, 0) is 4.79 Å². The van der Waals surface area contributed by atoms with Gasteiger partial charge < -0.3 is 10.5 Å². The van der Waals surface area contributed by atoms with E-state index in [0.717, 1.165) is 5.56 Å². The third-order valence-electron chi connectivity index (χ3n) is 2.66. The number of hydrogen-bond acceptors (Lipinski definition) is 3. The Morgan fingerprint density at radius 1 is 1.38 bits per heavy atom. The number of nitrogens with two attached hydrogens (primary N) is 1. The van der Waals surface area contributed by atoms with Crippen LogP contribution in [0.5, 0.6) is 5.75 Å². The third-order valence-corrected chi connectivity index (χ3v) is 2.66. The van der Waals surface area contributed by atoms with Gasteiger partial charge in [-0.3, -0.25) is 4.79 Å². The minimum absolute atomic E-state index is 0. The Bertz CT molecular complexity index is 360. The van der Waals surface area contributed by atoms with Gasteiger partial charge in [0.1, 0.15) is 5.75 Å². The molecule has 1 saturated carbocycles. The standard InChI is InChI=1S/C12H15NO2.ClH/c1-8(14)15-11-6-4-10(5-7-11)12(13)9-2-3-9;/h4-7,9,12H,2-3,13H2,1H3;1H/t12-;/m0./s1. The van der Waals surface area contributed by atoms with Gasteiger partial charge in [-0.15, -0.1) is 12.4 Å². The van der Waals surface area contributed by atoms with Crippen molar-refractivity contribution in [1.29, 1.82) is 0 Å². The van der Waals surface area contributed by atoms with E-state index in [2.05, 4.69) is 0 Å². The highest BCUT2D eigenvalue weighted by molar-refractivity contribution is 5.85. The number of carbonyl (C=O) groups excluding carboxylic acids is 1. The molecule has 0 saturated heterocycles. The molecule has 0 aliphatic heterocycles. The summed E-state index contributed by atoms with van der Waals surface area (Å²) in [6.07, 6.45) is 2.46. The first-order valence-corrected chi connectivity index (χ1v) is 5.21. The van der Waals surface area contributed by atoms with Crippen molar-refractivity contribution in [2.75, 3.05) is 0 Å². The van der Waals surface area contributed by atoms with Crippen molar-refractivity contribution >= 4 is 18.4 Å². The number of hydrogen-bond donors (Lipinski definition) is 1. The fraction of sp³-hybridized carbons (Fsp3) is 0.417. The van der Waals surface area contributed by atoms with Crippen LogP contribution in [0.2, 0.25) is 0 Å². The lowest BCUT2D eigenvalue weighted by Gasteiger charge is -2.10. The lowest BCUT2D eigenvalue weighted by molar-refractivity contribution is -0.131. The summed E-state index contributed by atoms with van der Waals surface area (Å²) in [6, 6.07) is 7.58. The Hall–Kier alpha value is -1.06. The topological polar surface area (TPSA) is 52.3 Å². The molecule has 1 aliphatic rings. The molecule has 1 aliphatic carbocycles. The van der Waals surface area contributed by atoms with Crippen LogP contribution in [0.1, 0.15) is 31.4 Å². The molecule has 0 radical (unpaired) electrons. The molecule has 1 fully saturated rings. The molecule has 88 valence electrons. The van der Waals surface area contributed by atoms with Crippen LogP contribution in [0.15, 0.2) is 24.3 Å². The van der Waals surface area contributed by atoms with E-state index in [1.165, 1.54) is 19.8 Å². The van der Waals surface area contributed by atoms with Crippen molar-refractivity contribution in [3.63, 3.8) is 0 Å². The molecule has 2 rings (SSSR count). The molecular formula is C12H16ClNO2. The van der Waals surface area contributed by atoms with Crippen LogP contribution in [0.4, 0.5) is 0 Å². The van der Waals surface area contributed by atoms with Crippen molar-refractivity contribution < 1.29 is 9.53 Å². The van der Waals surface area contributed by atoms with Gasteiger partial charge in [-0.05, 0) is 36.5 Å². The van der Waals surface area contributed by atoms with Gasteiger partial charge in [-0.1, -0.05) is 12.1 Å². The fourth-order valence-electron chi connectivity index (χ4n) is 1.65. The molecule has 3 nitrogen and oxygen atoms in total. The second-order valence-corrected chi connectivity index (χ2v) is 4.03. The van der Waals surface area contributed by atoms with E-state index in [9.17, 15) is 4.79 Å². The Kier molecular flexibility index (Phi) is 4.33. The van der Waals surface area contributed by atoms with Gasteiger partial charge in [0, 0.05) is 13.0 Å². The molecule has 1 aromatic carbocycles. The van der Waals surface area contributed by atoms with E-state index in [1.54, 1.807) is 12.1 Å². The third kappa shape index (κ3) is 3.22. The number of esters is 1. The largest absolute Gasteiger partial charge is 0.427 e. The maximum absolute atomic E-state index is 10.7. The normalized spacial score (nSPS) is 16.1. The van der Waals surface area contributed by atoms with Gasteiger partial charge in [0.25, 0.3) is 0 Å². The smallest absolute Gasteiger partial charge is 0.308 e. The van der Waals surface area contributed by atoms with Crippen LogP contribution >= 0.6 is 12.4 Å². The molecule has 0 amide bonds. The molecule has 0 unspecified atom stereocenters. The number of benzene rings is 1. The maximum atomic E-state index is 10.7. The van der Waals surface area contributed by atoms with Crippen LogP contribution < -0.4 is 10.5 Å². The SMILES string of the molecule is CC(=O)Oc1ccc([C@@H](N)C2CC2)cc1.Cl. The van der Waals surface area contributed by atoms with Gasteiger partial charge in [-0.2, -0.15) is 0 Å². The van der Waals surface area contributed by atoms with Crippen LogP contribution in [0, 0.1) is 5.92 Å².